The first-order valence-electron chi connectivity index (χ1n) is 3.87. The van der Waals surface area contributed by atoms with Crippen molar-refractivity contribution in [2.24, 2.45) is 0 Å². The van der Waals surface area contributed by atoms with Crippen LogP contribution in [-0.2, 0) is 14.3 Å². The van der Waals surface area contributed by atoms with Crippen LogP contribution in [0.25, 0.3) is 0 Å². The van der Waals surface area contributed by atoms with E-state index in [0.717, 1.165) is 19.4 Å². The first-order valence-corrected chi connectivity index (χ1v) is 3.87. The third-order valence-electron chi connectivity index (χ3n) is 2.00. The molecule has 0 bridgehead atoms. The van der Waals surface area contributed by atoms with Gasteiger partial charge >= 0.3 is 5.97 Å². The Morgan fingerprint density at radius 1 is 1.55 bits per heavy atom. The minimum Gasteiger partial charge on any atom is -0.456 e. The van der Waals surface area contributed by atoms with Gasteiger partial charge in [0.2, 0.25) is 0 Å². The second-order valence-corrected chi connectivity index (χ2v) is 2.81. The van der Waals surface area contributed by atoms with Crippen molar-refractivity contribution in [3.05, 3.63) is 12.2 Å². The van der Waals surface area contributed by atoms with E-state index in [1.54, 1.807) is 6.08 Å². The first-order chi connectivity index (χ1) is 5.36. The van der Waals surface area contributed by atoms with E-state index in [9.17, 15) is 4.79 Å². The Balaban J connectivity index is 2.10. The number of esters is 1. The molecule has 0 unspecified atom stereocenters. The molecule has 0 aromatic heterocycles. The lowest BCUT2D eigenvalue weighted by Crippen LogP contribution is -2.38. The van der Waals surface area contributed by atoms with E-state index in [1.807, 2.05) is 0 Å². The molecule has 1 fully saturated rings. The summed E-state index contributed by atoms with van der Waals surface area (Å²) in [5.41, 5.74) is 0. The zero-order valence-electron chi connectivity index (χ0n) is 6.16. The highest BCUT2D eigenvalue weighted by molar-refractivity contribution is 5.83. The molecule has 0 radical (unpaired) electrons. The van der Waals surface area contributed by atoms with Crippen LogP contribution in [0.4, 0.5) is 0 Å². The molecule has 3 heteroatoms. The molecule has 0 N–H and O–H groups in total. The summed E-state index contributed by atoms with van der Waals surface area (Å²) in [7, 11) is 0. The summed E-state index contributed by atoms with van der Waals surface area (Å²) >= 11 is 0. The SMILES string of the molecule is O=C1C=C[C@H]2OCCC[C@H]2O1. The number of carbonyl (C=O) groups is 1. The standard InChI is InChI=1S/C8H10O3/c9-8-4-3-6-7(11-8)2-1-5-10-6/h3-4,6-7H,1-2,5H2/t6-,7-/m1/s1. The van der Waals surface area contributed by atoms with E-state index >= 15 is 0 Å². The average molecular weight is 154 g/mol. The molecule has 11 heavy (non-hydrogen) atoms. The van der Waals surface area contributed by atoms with Crippen LogP contribution in [0.5, 0.6) is 0 Å². The fourth-order valence-corrected chi connectivity index (χ4v) is 1.44. The summed E-state index contributed by atoms with van der Waals surface area (Å²) in [4.78, 5) is 10.8. The Labute approximate surface area is 65.0 Å². The van der Waals surface area contributed by atoms with Crippen molar-refractivity contribution in [3.63, 3.8) is 0 Å². The fraction of sp³-hybridized carbons (Fsp3) is 0.625. The van der Waals surface area contributed by atoms with Crippen LogP contribution in [0, 0.1) is 0 Å². The van der Waals surface area contributed by atoms with Gasteiger partial charge in [-0.3, -0.25) is 0 Å². The van der Waals surface area contributed by atoms with E-state index < -0.39 is 0 Å². The summed E-state index contributed by atoms with van der Waals surface area (Å²) in [5.74, 6) is -0.239. The zero-order valence-corrected chi connectivity index (χ0v) is 6.16. The molecule has 2 rings (SSSR count). The van der Waals surface area contributed by atoms with Crippen molar-refractivity contribution >= 4 is 5.97 Å². The van der Waals surface area contributed by atoms with Gasteiger partial charge in [-0.25, -0.2) is 4.79 Å². The van der Waals surface area contributed by atoms with Crippen LogP contribution in [0.1, 0.15) is 12.8 Å². The van der Waals surface area contributed by atoms with Gasteiger partial charge in [0.1, 0.15) is 12.2 Å². The van der Waals surface area contributed by atoms with E-state index in [1.165, 1.54) is 6.08 Å². The Morgan fingerprint density at radius 3 is 3.36 bits per heavy atom. The summed E-state index contributed by atoms with van der Waals surface area (Å²) in [6, 6.07) is 0. The predicted molar refractivity (Wildman–Crippen MR) is 38.0 cm³/mol. The van der Waals surface area contributed by atoms with E-state index in [2.05, 4.69) is 0 Å². The van der Waals surface area contributed by atoms with Crippen molar-refractivity contribution in [1.29, 1.82) is 0 Å². The fourth-order valence-electron chi connectivity index (χ4n) is 1.44. The van der Waals surface area contributed by atoms with Gasteiger partial charge in [0, 0.05) is 12.7 Å². The number of ether oxygens (including phenoxy) is 2. The maximum Gasteiger partial charge on any atom is 0.330 e. The Hall–Kier alpha value is -0.830. The van der Waals surface area contributed by atoms with Crippen molar-refractivity contribution in [1.82, 2.24) is 0 Å². The number of hydrogen-bond donors (Lipinski definition) is 0. The van der Waals surface area contributed by atoms with Gasteiger partial charge in [0.25, 0.3) is 0 Å². The third-order valence-corrected chi connectivity index (χ3v) is 2.00. The van der Waals surface area contributed by atoms with Gasteiger partial charge in [-0.15, -0.1) is 0 Å². The molecule has 0 aliphatic carbocycles. The molecule has 0 amide bonds. The highest BCUT2D eigenvalue weighted by atomic mass is 16.6. The minimum absolute atomic E-state index is 0.0152. The van der Waals surface area contributed by atoms with Crippen molar-refractivity contribution in [2.45, 2.75) is 25.0 Å². The average Bonchev–Trinajstić information content (AvgIpc) is 2.04. The molecular weight excluding hydrogens is 144 g/mol. The quantitative estimate of drug-likeness (QED) is 0.480. The van der Waals surface area contributed by atoms with Gasteiger partial charge in [0.05, 0.1) is 0 Å². The normalized spacial score (nSPS) is 36.2. The number of rotatable bonds is 0. The first kappa shape index (κ1) is 6.85. The van der Waals surface area contributed by atoms with Gasteiger partial charge in [0.15, 0.2) is 0 Å². The van der Waals surface area contributed by atoms with E-state index in [0.29, 0.717) is 0 Å². The third kappa shape index (κ3) is 1.28. The molecule has 2 atom stereocenters. The van der Waals surface area contributed by atoms with Crippen LogP contribution in [0.15, 0.2) is 12.2 Å². The number of carbonyl (C=O) groups excluding carboxylic acids is 1. The van der Waals surface area contributed by atoms with E-state index in [-0.39, 0.29) is 18.2 Å². The molecule has 2 heterocycles. The van der Waals surface area contributed by atoms with Gasteiger partial charge in [-0.2, -0.15) is 0 Å². The summed E-state index contributed by atoms with van der Waals surface area (Å²) in [6.07, 6.45) is 5.13. The predicted octanol–water partition coefficient (Wildman–Crippen LogP) is 0.647. The molecule has 0 spiro atoms. The maximum atomic E-state index is 10.8. The van der Waals surface area contributed by atoms with Crippen LogP contribution in [0.3, 0.4) is 0 Å². The lowest BCUT2D eigenvalue weighted by atomic mass is 10.0. The highest BCUT2D eigenvalue weighted by Gasteiger charge is 2.29. The lowest BCUT2D eigenvalue weighted by Gasteiger charge is -2.31. The summed E-state index contributed by atoms with van der Waals surface area (Å²) < 4.78 is 10.4. The van der Waals surface area contributed by atoms with Crippen molar-refractivity contribution in [2.75, 3.05) is 6.61 Å². The lowest BCUT2D eigenvalue weighted by molar-refractivity contribution is -0.157. The highest BCUT2D eigenvalue weighted by Crippen LogP contribution is 2.21. The monoisotopic (exact) mass is 154 g/mol. The molecule has 0 aromatic carbocycles. The minimum atomic E-state index is -0.239. The molecule has 60 valence electrons. The number of hydrogen-bond acceptors (Lipinski definition) is 3. The summed E-state index contributed by atoms with van der Waals surface area (Å²) in [5, 5.41) is 0. The van der Waals surface area contributed by atoms with Gasteiger partial charge in [-0.1, -0.05) is 0 Å². The van der Waals surface area contributed by atoms with E-state index in [4.69, 9.17) is 9.47 Å². The molecule has 0 aromatic rings. The molecular formula is C8H10O3. The van der Waals surface area contributed by atoms with Crippen LogP contribution < -0.4 is 0 Å². The molecule has 0 saturated carbocycles. The Morgan fingerprint density at radius 2 is 2.45 bits per heavy atom. The summed E-state index contributed by atoms with van der Waals surface area (Å²) in [6.45, 7) is 0.781. The maximum absolute atomic E-state index is 10.8. The molecule has 3 nitrogen and oxygen atoms in total. The Bertz CT molecular complexity index is 198. The van der Waals surface area contributed by atoms with Crippen LogP contribution in [-0.4, -0.2) is 24.8 Å². The second kappa shape index (κ2) is 2.66. The topological polar surface area (TPSA) is 35.5 Å². The smallest absolute Gasteiger partial charge is 0.330 e. The van der Waals surface area contributed by atoms with Crippen molar-refractivity contribution < 1.29 is 14.3 Å². The zero-order chi connectivity index (χ0) is 7.68. The molecule has 2 aliphatic rings. The Kier molecular flexibility index (Phi) is 1.66. The van der Waals surface area contributed by atoms with Gasteiger partial charge < -0.3 is 9.47 Å². The van der Waals surface area contributed by atoms with Crippen LogP contribution >= 0.6 is 0 Å². The second-order valence-electron chi connectivity index (χ2n) is 2.81. The molecule has 2 aliphatic heterocycles. The largest absolute Gasteiger partial charge is 0.456 e. The number of fused-ring (bicyclic) bond motifs is 1. The van der Waals surface area contributed by atoms with Crippen LogP contribution in [0.2, 0.25) is 0 Å². The van der Waals surface area contributed by atoms with Crippen molar-refractivity contribution in [3.8, 4) is 0 Å². The van der Waals surface area contributed by atoms with Gasteiger partial charge in [-0.05, 0) is 18.9 Å². The molecule has 1 saturated heterocycles.